The number of carbonyl (C=O) groups is 3. The first kappa shape index (κ1) is 54.5. The molecule has 8 unspecified atom stereocenters. The Bertz CT molecular complexity index is 1060. The molecule has 0 bridgehead atoms. The summed E-state index contributed by atoms with van der Waals surface area (Å²) in [5.41, 5.74) is 0. The minimum absolute atomic E-state index is 0.297. The molecule has 0 amide bonds. The Balaban J connectivity index is 2.51. The van der Waals surface area contributed by atoms with Crippen LogP contribution < -0.4 is 0 Å². The Kier molecular flexibility index (Phi) is 32.6. The van der Waals surface area contributed by atoms with E-state index >= 15 is 0 Å². The molecule has 2 aliphatic rings. The van der Waals surface area contributed by atoms with Crippen molar-refractivity contribution in [3.8, 4) is 0 Å². The summed E-state index contributed by atoms with van der Waals surface area (Å²) < 4.78 is 0. The zero-order chi connectivity index (χ0) is 43.6. The smallest absolute Gasteiger partial charge is 0.303 e. The standard InChI is InChI=1S/C54H100O6/c1-4-7-10-13-18-27-35-46-47(36-28-19-15-22-31-40-51(57)58)49(38-29-20-16-23-32-41-52(59)60)54-45(34-25-17-14-21-30-39-50(55)56)43-42-44(33-24-11-8-5-2)53(54)48(46)37-26-12-9-6-3/h44-49,53-54H,4-43H2,1-3H3,(H,55,56)(H,57,58)(H,59,60). The largest absolute Gasteiger partial charge is 0.481 e. The summed E-state index contributed by atoms with van der Waals surface area (Å²) in [6.45, 7) is 7.03. The molecule has 2 rings (SSSR count). The van der Waals surface area contributed by atoms with E-state index in [1.165, 1.54) is 180 Å². The summed E-state index contributed by atoms with van der Waals surface area (Å²) in [5.74, 6) is 4.64. The molecule has 0 spiro atoms. The van der Waals surface area contributed by atoms with E-state index in [2.05, 4.69) is 20.8 Å². The van der Waals surface area contributed by atoms with E-state index in [1.54, 1.807) is 0 Å². The lowest BCUT2D eigenvalue weighted by Gasteiger charge is -2.60. The molecule has 0 aromatic carbocycles. The lowest BCUT2D eigenvalue weighted by molar-refractivity contribution is -0.138. The Morgan fingerprint density at radius 2 is 0.550 bits per heavy atom. The summed E-state index contributed by atoms with van der Waals surface area (Å²) in [4.78, 5) is 33.6. The van der Waals surface area contributed by atoms with Crippen molar-refractivity contribution in [3.63, 3.8) is 0 Å². The van der Waals surface area contributed by atoms with E-state index in [0.717, 1.165) is 105 Å². The fourth-order valence-corrected chi connectivity index (χ4v) is 12.6. The number of hydrogen-bond donors (Lipinski definition) is 3. The lowest BCUT2D eigenvalue weighted by atomic mass is 9.45. The average Bonchev–Trinajstić information content (AvgIpc) is 3.22. The van der Waals surface area contributed by atoms with Crippen LogP contribution in [-0.4, -0.2) is 33.2 Å². The van der Waals surface area contributed by atoms with Crippen LogP contribution in [0.4, 0.5) is 0 Å². The van der Waals surface area contributed by atoms with Crippen molar-refractivity contribution in [1.82, 2.24) is 0 Å². The molecular formula is C54H100O6. The topological polar surface area (TPSA) is 112 Å². The van der Waals surface area contributed by atoms with Gasteiger partial charge in [-0.2, -0.15) is 0 Å². The highest BCUT2D eigenvalue weighted by Crippen LogP contribution is 2.61. The Hall–Kier alpha value is -1.59. The molecule has 6 nitrogen and oxygen atoms in total. The zero-order valence-corrected chi connectivity index (χ0v) is 40.0. The first-order valence-corrected chi connectivity index (χ1v) is 26.9. The van der Waals surface area contributed by atoms with Crippen LogP contribution in [-0.2, 0) is 14.4 Å². The first-order valence-electron chi connectivity index (χ1n) is 26.9. The third kappa shape index (κ3) is 23.7. The van der Waals surface area contributed by atoms with E-state index in [-0.39, 0.29) is 0 Å². The summed E-state index contributed by atoms with van der Waals surface area (Å²) in [7, 11) is 0. The number of carboxylic acid groups (broad SMARTS) is 3. The van der Waals surface area contributed by atoms with E-state index in [0.29, 0.717) is 19.3 Å². The average molecular weight is 845 g/mol. The zero-order valence-electron chi connectivity index (χ0n) is 40.0. The van der Waals surface area contributed by atoms with Gasteiger partial charge in [0.1, 0.15) is 0 Å². The maximum atomic E-state index is 11.2. The minimum atomic E-state index is -0.665. The minimum Gasteiger partial charge on any atom is -0.481 e. The van der Waals surface area contributed by atoms with Crippen LogP contribution in [0, 0.1) is 47.3 Å². The molecule has 2 fully saturated rings. The van der Waals surface area contributed by atoms with Gasteiger partial charge in [-0.25, -0.2) is 0 Å². The Labute approximate surface area is 371 Å². The molecule has 0 aromatic rings. The number of hydrogen-bond acceptors (Lipinski definition) is 3. The van der Waals surface area contributed by atoms with Crippen LogP contribution in [0.1, 0.15) is 278 Å². The van der Waals surface area contributed by atoms with Gasteiger partial charge in [-0.05, 0) is 105 Å². The number of rotatable bonds is 41. The first-order chi connectivity index (χ1) is 29.2. The highest BCUT2D eigenvalue weighted by atomic mass is 16.4. The highest BCUT2D eigenvalue weighted by Gasteiger charge is 2.54. The fourth-order valence-electron chi connectivity index (χ4n) is 12.6. The maximum absolute atomic E-state index is 11.2. The van der Waals surface area contributed by atoms with Crippen molar-refractivity contribution in [2.75, 3.05) is 0 Å². The van der Waals surface area contributed by atoms with Crippen molar-refractivity contribution < 1.29 is 29.7 Å². The van der Waals surface area contributed by atoms with Gasteiger partial charge in [-0.15, -0.1) is 0 Å². The molecule has 0 aliphatic heterocycles. The number of unbranched alkanes of at least 4 members (excludes halogenated alkanes) is 23. The van der Waals surface area contributed by atoms with E-state index < -0.39 is 17.9 Å². The van der Waals surface area contributed by atoms with E-state index in [4.69, 9.17) is 0 Å². The van der Waals surface area contributed by atoms with Crippen LogP contribution in [0.5, 0.6) is 0 Å². The van der Waals surface area contributed by atoms with E-state index in [9.17, 15) is 29.7 Å². The molecule has 0 saturated heterocycles. The van der Waals surface area contributed by atoms with Gasteiger partial charge in [-0.1, -0.05) is 201 Å². The van der Waals surface area contributed by atoms with Crippen LogP contribution in [0.25, 0.3) is 0 Å². The monoisotopic (exact) mass is 845 g/mol. The van der Waals surface area contributed by atoms with Crippen LogP contribution >= 0.6 is 0 Å². The molecule has 6 heteroatoms. The van der Waals surface area contributed by atoms with Gasteiger partial charge in [0.05, 0.1) is 0 Å². The molecule has 2 saturated carbocycles. The van der Waals surface area contributed by atoms with Gasteiger partial charge in [0, 0.05) is 19.3 Å². The third-order valence-electron chi connectivity index (χ3n) is 15.6. The summed E-state index contributed by atoms with van der Waals surface area (Å²) >= 11 is 0. The molecule has 3 N–H and O–H groups in total. The van der Waals surface area contributed by atoms with Crippen LogP contribution in [0.2, 0.25) is 0 Å². The van der Waals surface area contributed by atoms with Gasteiger partial charge in [0.2, 0.25) is 0 Å². The molecule has 60 heavy (non-hydrogen) atoms. The van der Waals surface area contributed by atoms with Crippen molar-refractivity contribution >= 4 is 17.9 Å². The van der Waals surface area contributed by atoms with Gasteiger partial charge in [0.25, 0.3) is 0 Å². The summed E-state index contributed by atoms with van der Waals surface area (Å²) in [6.07, 6.45) is 47.8. The molecule has 0 radical (unpaired) electrons. The van der Waals surface area contributed by atoms with Crippen molar-refractivity contribution in [1.29, 1.82) is 0 Å². The second kappa shape index (κ2) is 35.8. The van der Waals surface area contributed by atoms with Crippen LogP contribution in [0.3, 0.4) is 0 Å². The summed E-state index contributed by atoms with van der Waals surface area (Å²) in [6, 6.07) is 0. The molecule has 0 aromatic heterocycles. The normalized spacial score (nSPS) is 24.1. The van der Waals surface area contributed by atoms with E-state index in [1.807, 2.05) is 0 Å². The molecule has 352 valence electrons. The maximum Gasteiger partial charge on any atom is 0.303 e. The molecular weight excluding hydrogens is 745 g/mol. The van der Waals surface area contributed by atoms with Crippen molar-refractivity contribution in [2.45, 2.75) is 278 Å². The van der Waals surface area contributed by atoms with Gasteiger partial charge in [0.15, 0.2) is 0 Å². The quantitative estimate of drug-likeness (QED) is 0.0529. The third-order valence-corrected chi connectivity index (χ3v) is 15.6. The van der Waals surface area contributed by atoms with Gasteiger partial charge < -0.3 is 15.3 Å². The number of fused-ring (bicyclic) bond motifs is 1. The number of carboxylic acids is 3. The van der Waals surface area contributed by atoms with Gasteiger partial charge in [-0.3, -0.25) is 14.4 Å². The fraction of sp³-hybridized carbons (Fsp3) is 0.944. The lowest BCUT2D eigenvalue weighted by Crippen LogP contribution is -2.53. The van der Waals surface area contributed by atoms with Gasteiger partial charge >= 0.3 is 17.9 Å². The predicted molar refractivity (Wildman–Crippen MR) is 253 cm³/mol. The summed E-state index contributed by atoms with van der Waals surface area (Å²) in [5, 5.41) is 27.6. The second-order valence-electron chi connectivity index (χ2n) is 20.3. The van der Waals surface area contributed by atoms with Crippen molar-refractivity contribution in [2.24, 2.45) is 47.3 Å². The number of aliphatic carboxylic acids is 3. The van der Waals surface area contributed by atoms with Crippen molar-refractivity contribution in [3.05, 3.63) is 0 Å². The highest BCUT2D eigenvalue weighted by molar-refractivity contribution is 5.67. The Morgan fingerprint density at radius 1 is 0.317 bits per heavy atom. The van der Waals surface area contributed by atoms with Crippen LogP contribution in [0.15, 0.2) is 0 Å². The Morgan fingerprint density at radius 3 is 0.850 bits per heavy atom. The second-order valence-corrected chi connectivity index (χ2v) is 20.3. The molecule has 8 atom stereocenters. The molecule has 2 aliphatic carbocycles. The SMILES string of the molecule is CCCCCCCCC1C(CCCCCCCC(=O)O)C(CCCCCCCC(=O)O)C2C(CCCCCCCC(=O)O)CCC(CCCCCC)C2C1CCCCCC. The predicted octanol–water partition coefficient (Wildman–Crippen LogP) is 16.9. The molecule has 0 heterocycles.